The Morgan fingerprint density at radius 3 is 2.44 bits per heavy atom. The molecule has 3 nitrogen and oxygen atoms in total. The van der Waals surface area contributed by atoms with Gasteiger partial charge in [0.25, 0.3) is 0 Å². The molecule has 1 heterocycles. The summed E-state index contributed by atoms with van der Waals surface area (Å²) in [5.41, 5.74) is 0.976. The van der Waals surface area contributed by atoms with Gasteiger partial charge >= 0.3 is 0 Å². The largest absolute Gasteiger partial charge is 0.182 e. The van der Waals surface area contributed by atoms with E-state index in [0.29, 0.717) is 6.04 Å². The molecule has 0 bridgehead atoms. The van der Waals surface area contributed by atoms with Crippen LogP contribution in [0.1, 0.15) is 25.6 Å². The minimum Gasteiger partial charge on any atom is -0.182 e. The predicted octanol–water partition coefficient (Wildman–Crippen LogP) is 1.17. The smallest absolute Gasteiger partial charge is 0.0796 e. The van der Waals surface area contributed by atoms with Gasteiger partial charge in [-0.1, -0.05) is 0 Å². The molecule has 0 aliphatic heterocycles. The summed E-state index contributed by atoms with van der Waals surface area (Å²) in [5, 5.41) is 8.14. The third-order valence-electron chi connectivity index (χ3n) is 1.08. The Morgan fingerprint density at radius 1 is 1.56 bits per heavy atom. The molecule has 0 amide bonds. The Labute approximate surface area is 54.7 Å². The van der Waals surface area contributed by atoms with Gasteiger partial charge in [0.2, 0.25) is 0 Å². The van der Waals surface area contributed by atoms with Crippen LogP contribution in [0.4, 0.5) is 0 Å². The molecule has 0 aromatic carbocycles. The summed E-state index contributed by atoms with van der Waals surface area (Å²) in [6.07, 6.45) is 1.76. The maximum atomic E-state index is 4.12. The first kappa shape index (κ1) is 6.26. The minimum absolute atomic E-state index is 0.374. The zero-order valence-electron chi connectivity index (χ0n) is 6.00. The van der Waals surface area contributed by atoms with Gasteiger partial charge in [-0.25, -0.2) is 0 Å². The van der Waals surface area contributed by atoms with Crippen molar-refractivity contribution in [3.05, 3.63) is 11.9 Å². The van der Waals surface area contributed by atoms with Crippen molar-refractivity contribution in [2.24, 2.45) is 0 Å². The van der Waals surface area contributed by atoms with Crippen LogP contribution in [-0.2, 0) is 0 Å². The van der Waals surface area contributed by atoms with Crippen molar-refractivity contribution in [1.82, 2.24) is 15.0 Å². The van der Waals surface area contributed by atoms with Crippen LogP contribution in [0.15, 0.2) is 6.20 Å². The first-order chi connectivity index (χ1) is 4.20. The molecule has 0 saturated heterocycles. The van der Waals surface area contributed by atoms with Gasteiger partial charge in [-0.05, 0) is 20.8 Å². The Hall–Kier alpha value is -0.860. The zero-order valence-corrected chi connectivity index (χ0v) is 6.00. The van der Waals surface area contributed by atoms with Crippen molar-refractivity contribution in [2.45, 2.75) is 26.8 Å². The second-order valence-electron chi connectivity index (χ2n) is 2.40. The standard InChI is InChI=1S/C6H11N3/c1-5(2)9-7-4-6(3)8-9/h4-5H,1-3H3. The van der Waals surface area contributed by atoms with Crippen molar-refractivity contribution in [3.8, 4) is 0 Å². The zero-order chi connectivity index (χ0) is 6.85. The number of nitrogens with zero attached hydrogens (tertiary/aromatic N) is 3. The number of rotatable bonds is 1. The molecule has 0 spiro atoms. The number of hydrogen-bond donors (Lipinski definition) is 0. The maximum absolute atomic E-state index is 4.12. The monoisotopic (exact) mass is 125 g/mol. The fourth-order valence-electron chi connectivity index (χ4n) is 0.605. The topological polar surface area (TPSA) is 30.7 Å². The van der Waals surface area contributed by atoms with Crippen molar-refractivity contribution in [2.75, 3.05) is 0 Å². The van der Waals surface area contributed by atoms with E-state index in [1.54, 1.807) is 11.0 Å². The van der Waals surface area contributed by atoms with E-state index in [0.717, 1.165) is 5.69 Å². The molecule has 9 heavy (non-hydrogen) atoms. The normalized spacial score (nSPS) is 10.7. The molecule has 0 aliphatic carbocycles. The lowest BCUT2D eigenvalue weighted by atomic mass is 10.4. The van der Waals surface area contributed by atoms with Gasteiger partial charge in [0.05, 0.1) is 17.9 Å². The lowest BCUT2D eigenvalue weighted by Gasteiger charge is -1.99. The molecule has 0 unspecified atom stereocenters. The highest BCUT2D eigenvalue weighted by Crippen LogP contribution is 1.98. The highest BCUT2D eigenvalue weighted by molar-refractivity contribution is 4.85. The summed E-state index contributed by atoms with van der Waals surface area (Å²) in [5.74, 6) is 0. The average Bonchev–Trinajstić information content (AvgIpc) is 2.14. The number of hydrogen-bond acceptors (Lipinski definition) is 2. The minimum atomic E-state index is 0.374. The van der Waals surface area contributed by atoms with Gasteiger partial charge in [0.1, 0.15) is 0 Å². The van der Waals surface area contributed by atoms with Gasteiger partial charge in [0, 0.05) is 0 Å². The lowest BCUT2D eigenvalue weighted by Crippen LogP contribution is -2.04. The second-order valence-corrected chi connectivity index (χ2v) is 2.40. The summed E-state index contributed by atoms with van der Waals surface area (Å²) in [4.78, 5) is 1.70. The van der Waals surface area contributed by atoms with E-state index >= 15 is 0 Å². The quantitative estimate of drug-likeness (QED) is 0.564. The van der Waals surface area contributed by atoms with Crippen LogP contribution in [0.5, 0.6) is 0 Å². The van der Waals surface area contributed by atoms with Crippen LogP contribution >= 0.6 is 0 Å². The van der Waals surface area contributed by atoms with Crippen LogP contribution < -0.4 is 0 Å². The van der Waals surface area contributed by atoms with Crippen LogP contribution in [-0.4, -0.2) is 15.0 Å². The molecule has 1 aromatic rings. The maximum Gasteiger partial charge on any atom is 0.0796 e. The van der Waals surface area contributed by atoms with Crippen molar-refractivity contribution in [1.29, 1.82) is 0 Å². The predicted molar refractivity (Wildman–Crippen MR) is 35.1 cm³/mol. The molecular formula is C6H11N3. The van der Waals surface area contributed by atoms with Crippen molar-refractivity contribution in [3.63, 3.8) is 0 Å². The van der Waals surface area contributed by atoms with E-state index in [-0.39, 0.29) is 0 Å². The first-order valence-electron chi connectivity index (χ1n) is 3.08. The first-order valence-corrected chi connectivity index (χ1v) is 3.08. The molecule has 0 atom stereocenters. The van der Waals surface area contributed by atoms with Gasteiger partial charge in [-0.15, -0.1) is 0 Å². The van der Waals surface area contributed by atoms with Gasteiger partial charge < -0.3 is 0 Å². The molecule has 0 fully saturated rings. The number of aryl methyl sites for hydroxylation is 1. The third-order valence-corrected chi connectivity index (χ3v) is 1.08. The highest BCUT2D eigenvalue weighted by atomic mass is 15.5. The van der Waals surface area contributed by atoms with E-state index in [2.05, 4.69) is 24.0 Å². The molecule has 0 N–H and O–H groups in total. The summed E-state index contributed by atoms with van der Waals surface area (Å²) < 4.78 is 0. The summed E-state index contributed by atoms with van der Waals surface area (Å²) in [6, 6.07) is 0.374. The third kappa shape index (κ3) is 1.28. The molecule has 50 valence electrons. The highest BCUT2D eigenvalue weighted by Gasteiger charge is 1.97. The second kappa shape index (κ2) is 2.17. The fraction of sp³-hybridized carbons (Fsp3) is 0.667. The van der Waals surface area contributed by atoms with Crippen LogP contribution in [0, 0.1) is 6.92 Å². The Morgan fingerprint density at radius 2 is 2.22 bits per heavy atom. The van der Waals surface area contributed by atoms with E-state index in [9.17, 15) is 0 Å². The van der Waals surface area contributed by atoms with Crippen LogP contribution in [0.25, 0.3) is 0 Å². The lowest BCUT2D eigenvalue weighted by molar-refractivity contribution is 0.464. The molecule has 3 heteroatoms. The average molecular weight is 125 g/mol. The number of aromatic nitrogens is 3. The molecular weight excluding hydrogens is 114 g/mol. The molecule has 1 rings (SSSR count). The van der Waals surface area contributed by atoms with Crippen LogP contribution in [0.2, 0.25) is 0 Å². The van der Waals surface area contributed by atoms with E-state index in [4.69, 9.17) is 0 Å². The summed E-state index contributed by atoms with van der Waals surface area (Å²) in [6.45, 7) is 6.05. The SMILES string of the molecule is Cc1cnn(C(C)C)n1. The fourth-order valence-corrected chi connectivity index (χ4v) is 0.605. The Balaban J connectivity index is 2.85. The van der Waals surface area contributed by atoms with E-state index in [1.165, 1.54) is 0 Å². The van der Waals surface area contributed by atoms with E-state index < -0.39 is 0 Å². The van der Waals surface area contributed by atoms with Crippen molar-refractivity contribution < 1.29 is 0 Å². The molecule has 0 saturated carbocycles. The van der Waals surface area contributed by atoms with Gasteiger partial charge in [0.15, 0.2) is 0 Å². The Bertz CT molecular complexity index is 190. The van der Waals surface area contributed by atoms with Crippen LogP contribution in [0.3, 0.4) is 0 Å². The molecule has 0 radical (unpaired) electrons. The molecule has 1 aromatic heterocycles. The summed E-state index contributed by atoms with van der Waals surface area (Å²) in [7, 11) is 0. The summed E-state index contributed by atoms with van der Waals surface area (Å²) >= 11 is 0. The van der Waals surface area contributed by atoms with Gasteiger partial charge in [-0.2, -0.15) is 15.0 Å². The Kier molecular flexibility index (Phi) is 1.51. The van der Waals surface area contributed by atoms with E-state index in [1.807, 2.05) is 6.92 Å². The van der Waals surface area contributed by atoms with Crippen molar-refractivity contribution >= 4 is 0 Å². The van der Waals surface area contributed by atoms with Gasteiger partial charge in [-0.3, -0.25) is 0 Å². The molecule has 0 aliphatic rings.